The molecule has 29 heavy (non-hydrogen) atoms. The van der Waals surface area contributed by atoms with E-state index >= 15 is 0 Å². The molecule has 0 bridgehead atoms. The van der Waals surface area contributed by atoms with Crippen LogP contribution in [0.5, 0.6) is 0 Å². The van der Waals surface area contributed by atoms with Crippen molar-refractivity contribution in [3.63, 3.8) is 0 Å². The van der Waals surface area contributed by atoms with Gasteiger partial charge in [-0.15, -0.1) is 0 Å². The molecule has 0 unspecified atom stereocenters. The molecular formula is C24H32O4Si. The van der Waals surface area contributed by atoms with Crippen molar-refractivity contribution in [3.8, 4) is 0 Å². The SMILES string of the molecule is CCOC(=O)C[C@H]1C[C@H](O[Si](c2ccccc2)(c2ccccc2)C(C)(C)C)CO1. The van der Waals surface area contributed by atoms with E-state index in [4.69, 9.17) is 13.9 Å². The van der Waals surface area contributed by atoms with E-state index in [-0.39, 0.29) is 29.6 Å². The number of benzene rings is 2. The maximum atomic E-state index is 11.9. The van der Waals surface area contributed by atoms with Crippen LogP contribution in [0.1, 0.15) is 40.5 Å². The summed E-state index contributed by atoms with van der Waals surface area (Å²) in [5, 5.41) is 2.44. The third-order valence-corrected chi connectivity index (χ3v) is 10.6. The summed E-state index contributed by atoms with van der Waals surface area (Å²) in [6, 6.07) is 21.2. The van der Waals surface area contributed by atoms with Crippen LogP contribution < -0.4 is 10.4 Å². The molecule has 0 N–H and O–H groups in total. The smallest absolute Gasteiger partial charge is 0.308 e. The zero-order valence-corrected chi connectivity index (χ0v) is 18.9. The molecule has 0 radical (unpaired) electrons. The van der Waals surface area contributed by atoms with Crippen LogP contribution in [0.4, 0.5) is 0 Å². The Morgan fingerprint density at radius 2 is 1.59 bits per heavy atom. The Kier molecular flexibility index (Phi) is 6.93. The molecule has 1 aliphatic rings. The molecule has 4 nitrogen and oxygen atoms in total. The van der Waals surface area contributed by atoms with Gasteiger partial charge in [0.15, 0.2) is 0 Å². The third-order valence-electron chi connectivity index (χ3n) is 5.50. The van der Waals surface area contributed by atoms with Gasteiger partial charge in [0.1, 0.15) is 0 Å². The molecular weight excluding hydrogens is 380 g/mol. The van der Waals surface area contributed by atoms with Crippen molar-refractivity contribution in [3.05, 3.63) is 60.7 Å². The molecule has 0 aliphatic carbocycles. The number of hydrogen-bond donors (Lipinski definition) is 0. The van der Waals surface area contributed by atoms with Crippen molar-refractivity contribution >= 4 is 24.7 Å². The average molecular weight is 413 g/mol. The fourth-order valence-corrected chi connectivity index (χ4v) is 8.92. The second-order valence-corrected chi connectivity index (χ2v) is 12.9. The Morgan fingerprint density at radius 1 is 1.03 bits per heavy atom. The summed E-state index contributed by atoms with van der Waals surface area (Å²) < 4.78 is 18.1. The number of carbonyl (C=O) groups is 1. The molecule has 0 spiro atoms. The van der Waals surface area contributed by atoms with Crippen LogP contribution in [0.15, 0.2) is 60.7 Å². The monoisotopic (exact) mass is 412 g/mol. The minimum absolute atomic E-state index is 0.0410. The van der Waals surface area contributed by atoms with Crippen molar-refractivity contribution < 1.29 is 18.7 Å². The Balaban J connectivity index is 1.92. The second kappa shape index (κ2) is 9.24. The van der Waals surface area contributed by atoms with Gasteiger partial charge in [-0.05, 0) is 22.3 Å². The van der Waals surface area contributed by atoms with E-state index in [1.54, 1.807) is 0 Å². The van der Waals surface area contributed by atoms with Gasteiger partial charge in [-0.3, -0.25) is 4.79 Å². The van der Waals surface area contributed by atoms with Gasteiger partial charge in [-0.1, -0.05) is 81.4 Å². The van der Waals surface area contributed by atoms with Crippen LogP contribution in [0.2, 0.25) is 5.04 Å². The molecule has 3 rings (SSSR count). The predicted octanol–water partition coefficient (Wildman–Crippen LogP) is 3.67. The van der Waals surface area contributed by atoms with Gasteiger partial charge < -0.3 is 13.9 Å². The molecule has 1 fully saturated rings. The highest BCUT2D eigenvalue weighted by atomic mass is 28.4. The lowest BCUT2D eigenvalue weighted by atomic mass is 10.1. The molecule has 1 heterocycles. The minimum atomic E-state index is -2.60. The number of hydrogen-bond acceptors (Lipinski definition) is 4. The summed E-state index contributed by atoms with van der Waals surface area (Å²) in [6.45, 7) is 9.53. The van der Waals surface area contributed by atoms with E-state index in [0.29, 0.717) is 19.6 Å². The zero-order chi connectivity index (χ0) is 20.9. The first-order valence-corrected chi connectivity index (χ1v) is 12.3. The standard InChI is InChI=1S/C24H32O4Si/c1-5-26-23(25)17-19-16-20(18-27-19)28-29(24(2,3)4,21-12-8-6-9-13-21)22-14-10-7-11-15-22/h6-15,19-20H,5,16-18H2,1-4H3/t19-,20+/m1/s1. The van der Waals surface area contributed by atoms with Crippen LogP contribution in [0, 0.1) is 0 Å². The first-order valence-electron chi connectivity index (χ1n) is 10.4. The fourth-order valence-electron chi connectivity index (χ4n) is 4.24. The number of rotatable bonds is 7. The molecule has 0 aromatic heterocycles. The van der Waals surface area contributed by atoms with Gasteiger partial charge in [-0.2, -0.15) is 0 Å². The summed E-state index contributed by atoms with van der Waals surface area (Å²) in [6.07, 6.45) is 0.815. The zero-order valence-electron chi connectivity index (χ0n) is 17.9. The summed E-state index contributed by atoms with van der Waals surface area (Å²) in [5.41, 5.74) is 0. The first kappa shape index (κ1) is 21.7. The second-order valence-electron chi connectivity index (χ2n) is 8.60. The van der Waals surface area contributed by atoms with E-state index in [1.807, 2.05) is 19.1 Å². The van der Waals surface area contributed by atoms with Gasteiger partial charge in [0.05, 0.1) is 31.8 Å². The summed E-state index contributed by atoms with van der Waals surface area (Å²) in [7, 11) is -2.60. The Hall–Kier alpha value is -1.95. The third kappa shape index (κ3) is 4.79. The molecule has 2 aromatic rings. The van der Waals surface area contributed by atoms with Crippen molar-refractivity contribution in [2.45, 2.75) is 57.8 Å². The largest absolute Gasteiger partial charge is 0.466 e. The summed E-state index contributed by atoms with van der Waals surface area (Å²) in [5.74, 6) is -0.205. The lowest BCUT2D eigenvalue weighted by Crippen LogP contribution is -2.67. The molecule has 1 saturated heterocycles. The molecule has 0 amide bonds. The molecule has 5 heteroatoms. The molecule has 2 atom stereocenters. The highest BCUT2D eigenvalue weighted by Gasteiger charge is 2.52. The lowest BCUT2D eigenvalue weighted by Gasteiger charge is -2.44. The van der Waals surface area contributed by atoms with Crippen LogP contribution in [0.25, 0.3) is 0 Å². The van der Waals surface area contributed by atoms with E-state index in [2.05, 4.69) is 69.3 Å². The molecule has 1 aliphatic heterocycles. The minimum Gasteiger partial charge on any atom is -0.466 e. The summed E-state index contributed by atoms with van der Waals surface area (Å²) in [4.78, 5) is 11.9. The van der Waals surface area contributed by atoms with Gasteiger partial charge in [0, 0.05) is 6.42 Å². The van der Waals surface area contributed by atoms with Gasteiger partial charge >= 0.3 is 5.97 Å². The van der Waals surface area contributed by atoms with Crippen molar-refractivity contribution in [1.29, 1.82) is 0 Å². The summed E-state index contributed by atoms with van der Waals surface area (Å²) >= 11 is 0. The first-order chi connectivity index (χ1) is 13.9. The Morgan fingerprint density at radius 3 is 2.07 bits per heavy atom. The molecule has 2 aromatic carbocycles. The van der Waals surface area contributed by atoms with Crippen molar-refractivity contribution in [2.24, 2.45) is 0 Å². The average Bonchev–Trinajstić information content (AvgIpc) is 3.13. The number of carbonyl (C=O) groups excluding carboxylic acids is 1. The lowest BCUT2D eigenvalue weighted by molar-refractivity contribution is -0.145. The van der Waals surface area contributed by atoms with Gasteiger partial charge in [-0.25, -0.2) is 0 Å². The van der Waals surface area contributed by atoms with Crippen LogP contribution >= 0.6 is 0 Å². The highest BCUT2D eigenvalue weighted by Crippen LogP contribution is 2.38. The van der Waals surface area contributed by atoms with E-state index < -0.39 is 8.32 Å². The van der Waals surface area contributed by atoms with Crippen LogP contribution in [-0.4, -0.2) is 39.7 Å². The maximum absolute atomic E-state index is 11.9. The van der Waals surface area contributed by atoms with Crippen molar-refractivity contribution in [2.75, 3.05) is 13.2 Å². The topological polar surface area (TPSA) is 44.8 Å². The number of esters is 1. The quantitative estimate of drug-likeness (QED) is 0.514. The van der Waals surface area contributed by atoms with E-state index in [0.717, 1.165) is 0 Å². The van der Waals surface area contributed by atoms with E-state index in [9.17, 15) is 4.79 Å². The van der Waals surface area contributed by atoms with Crippen LogP contribution in [-0.2, 0) is 18.7 Å². The maximum Gasteiger partial charge on any atom is 0.308 e. The predicted molar refractivity (Wildman–Crippen MR) is 118 cm³/mol. The normalized spacial score (nSPS) is 19.9. The van der Waals surface area contributed by atoms with Gasteiger partial charge in [0.25, 0.3) is 8.32 Å². The fraction of sp³-hybridized carbons (Fsp3) is 0.458. The highest BCUT2D eigenvalue weighted by molar-refractivity contribution is 6.99. The van der Waals surface area contributed by atoms with E-state index in [1.165, 1.54) is 10.4 Å². The number of ether oxygens (including phenoxy) is 2. The Bertz CT molecular complexity index is 746. The molecule has 0 saturated carbocycles. The molecule has 156 valence electrons. The Labute approximate surface area is 175 Å². The van der Waals surface area contributed by atoms with Crippen molar-refractivity contribution in [1.82, 2.24) is 0 Å². The van der Waals surface area contributed by atoms with Crippen LogP contribution in [0.3, 0.4) is 0 Å². The van der Waals surface area contributed by atoms with Gasteiger partial charge in [0.2, 0.25) is 0 Å².